The Morgan fingerprint density at radius 3 is 1.50 bits per heavy atom. The molecule has 0 unspecified atom stereocenters. The van der Waals surface area contributed by atoms with E-state index in [-0.39, 0.29) is 23.4 Å². The summed E-state index contributed by atoms with van der Waals surface area (Å²) in [4.78, 5) is 44.5. The van der Waals surface area contributed by atoms with Crippen molar-refractivity contribution in [2.75, 3.05) is 87.7 Å². The highest BCUT2D eigenvalue weighted by molar-refractivity contribution is 7.14. The molecule has 0 aliphatic carbocycles. The van der Waals surface area contributed by atoms with E-state index in [2.05, 4.69) is 64.9 Å². The number of anilines is 6. The summed E-state index contributed by atoms with van der Waals surface area (Å²) in [6.07, 6.45) is 0. The van der Waals surface area contributed by atoms with Gasteiger partial charge in [0.1, 0.15) is 11.6 Å². The number of piperazine rings is 2. The van der Waals surface area contributed by atoms with Gasteiger partial charge in [-0.15, -0.1) is 22.7 Å². The van der Waals surface area contributed by atoms with Gasteiger partial charge in [-0.3, -0.25) is 19.4 Å². The highest BCUT2D eigenvalue weighted by Crippen LogP contribution is 2.32. The first-order chi connectivity index (χ1) is 35.9. The van der Waals surface area contributed by atoms with E-state index >= 15 is 0 Å². The van der Waals surface area contributed by atoms with E-state index in [1.54, 1.807) is 24.3 Å². The Balaban J connectivity index is 0.000000182. The molecule has 0 atom stereocenters. The Morgan fingerprint density at radius 1 is 0.541 bits per heavy atom. The number of nitrogens with zero attached hydrogens (tertiary/aromatic N) is 6. The summed E-state index contributed by atoms with van der Waals surface area (Å²) < 4.78 is 27.7. The van der Waals surface area contributed by atoms with Crippen molar-refractivity contribution in [1.29, 1.82) is 0 Å². The molecule has 4 heterocycles. The topological polar surface area (TPSA) is 121 Å². The Bertz CT molecular complexity index is 3180. The second-order valence-electron chi connectivity index (χ2n) is 18.8. The van der Waals surface area contributed by atoms with Crippen LogP contribution in [0, 0.1) is 25.5 Å². The molecule has 2 amide bonds. The maximum Gasteiger partial charge on any atom is 0.255 e. The van der Waals surface area contributed by atoms with E-state index < -0.39 is 0 Å². The lowest BCUT2D eigenvalue weighted by molar-refractivity contribution is 0.101. The first-order valence-corrected chi connectivity index (χ1v) is 26.4. The Hall–Kier alpha value is -7.18. The molecule has 4 N–H and O–H groups in total. The van der Waals surface area contributed by atoms with Crippen LogP contribution in [0.2, 0.25) is 0 Å². The molecule has 12 nitrogen and oxygen atoms in total. The SMILES string of the molecule is Cc1ccc(NC(=O)c2ccc(CN3CCN(C)CC3)cc2)cc1Nc1nc(-c2cccc(F)c2)cs1.Cc1ccc(NC(=O)c2ccc(CN3CCN(C)CC3)cc2)cc1Nc1nc(-c2ccccc2F)cs1. The third-order valence-corrected chi connectivity index (χ3v) is 14.7. The minimum Gasteiger partial charge on any atom is -0.331 e. The number of aryl methyl sites for hydroxylation is 2. The fraction of sp³-hybridized carbons (Fsp3) is 0.241. The fourth-order valence-electron chi connectivity index (χ4n) is 8.59. The van der Waals surface area contributed by atoms with Crippen LogP contribution in [0.15, 0.2) is 144 Å². The van der Waals surface area contributed by atoms with Crippen LogP contribution in [0.3, 0.4) is 0 Å². The standard InChI is InChI=1S/2C29H30FN5OS/c1-20-6-11-25(17-26(20)32-29-33-27(19-37-29)23-4-3-5-24(30)16-23)31-28(36)22-9-7-21(8-10-22)18-35-14-12-34(2)13-15-35;1-20-7-12-23(17-26(20)32-29-33-27(19-37-29)24-5-3-4-6-25(24)30)31-28(36)22-10-8-21(9-11-22)18-35-15-13-34(2)14-16-35/h3-11,16-17,19H,12-15,18H2,1-2H3,(H,31,36)(H,32,33);3-12,17,19H,13-16,18H2,1-2H3,(H,31,36)(H,32,33). The number of hydrogen-bond acceptors (Lipinski definition) is 12. The van der Waals surface area contributed by atoms with E-state index in [0.29, 0.717) is 49.7 Å². The normalized spacial score (nSPS) is 14.5. The predicted molar refractivity (Wildman–Crippen MR) is 298 cm³/mol. The van der Waals surface area contributed by atoms with E-state index in [1.807, 2.05) is 116 Å². The number of carbonyl (C=O) groups is 2. The molecular formula is C58H60F2N10O2S2. The number of hydrogen-bond donors (Lipinski definition) is 4. The van der Waals surface area contributed by atoms with Gasteiger partial charge in [0.2, 0.25) is 0 Å². The van der Waals surface area contributed by atoms with Crippen molar-refractivity contribution < 1.29 is 18.4 Å². The van der Waals surface area contributed by atoms with Crippen LogP contribution in [0.4, 0.5) is 41.8 Å². The lowest BCUT2D eigenvalue weighted by Gasteiger charge is -2.32. The van der Waals surface area contributed by atoms with Crippen molar-refractivity contribution in [1.82, 2.24) is 29.6 Å². The number of rotatable bonds is 14. The molecule has 0 radical (unpaired) electrons. The first-order valence-electron chi connectivity index (χ1n) is 24.7. The molecule has 2 aliphatic heterocycles. The van der Waals surface area contributed by atoms with Crippen LogP contribution in [0.1, 0.15) is 43.0 Å². The number of halogens is 2. The Morgan fingerprint density at radius 2 is 1.01 bits per heavy atom. The molecule has 10 rings (SSSR count). The molecule has 8 aromatic rings. The van der Waals surface area contributed by atoms with Crippen LogP contribution in [-0.4, -0.2) is 108 Å². The van der Waals surface area contributed by atoms with Crippen LogP contribution in [0.5, 0.6) is 0 Å². The van der Waals surface area contributed by atoms with Crippen LogP contribution in [0.25, 0.3) is 22.5 Å². The van der Waals surface area contributed by atoms with E-state index in [4.69, 9.17) is 0 Å². The average Bonchev–Trinajstić information content (AvgIpc) is 4.08. The summed E-state index contributed by atoms with van der Waals surface area (Å²) in [7, 11) is 4.31. The van der Waals surface area contributed by atoms with Gasteiger partial charge in [-0.1, -0.05) is 60.7 Å². The summed E-state index contributed by atoms with van der Waals surface area (Å²) in [5.41, 5.74) is 11.3. The number of likely N-dealkylation sites (N-methyl/N-ethyl adjacent to an activating group) is 2. The second kappa shape index (κ2) is 24.2. The molecular weight excluding hydrogens is 971 g/mol. The van der Waals surface area contributed by atoms with Crippen molar-refractivity contribution in [2.24, 2.45) is 0 Å². The van der Waals surface area contributed by atoms with Crippen molar-refractivity contribution >= 4 is 67.5 Å². The fourth-order valence-corrected chi connectivity index (χ4v) is 10.0. The molecule has 2 saturated heterocycles. The predicted octanol–water partition coefficient (Wildman–Crippen LogP) is 12.0. The number of nitrogens with one attached hydrogen (secondary N) is 4. The van der Waals surface area contributed by atoms with Gasteiger partial charge in [0.15, 0.2) is 10.3 Å². The molecule has 0 bridgehead atoms. The van der Waals surface area contributed by atoms with Gasteiger partial charge < -0.3 is 31.1 Å². The van der Waals surface area contributed by atoms with Gasteiger partial charge in [0, 0.05) is 121 Å². The van der Waals surface area contributed by atoms with Crippen LogP contribution < -0.4 is 21.3 Å². The van der Waals surface area contributed by atoms with Gasteiger partial charge in [-0.25, -0.2) is 18.7 Å². The molecule has 74 heavy (non-hydrogen) atoms. The molecule has 380 valence electrons. The summed E-state index contributed by atoms with van der Waals surface area (Å²) in [5.74, 6) is -0.891. The van der Waals surface area contributed by atoms with E-state index in [0.717, 1.165) is 93.5 Å². The number of amides is 2. The van der Waals surface area contributed by atoms with E-state index in [1.165, 1.54) is 52.0 Å². The quantitative estimate of drug-likeness (QED) is 0.0838. The smallest absolute Gasteiger partial charge is 0.255 e. The summed E-state index contributed by atoms with van der Waals surface area (Å²) >= 11 is 2.85. The summed E-state index contributed by atoms with van der Waals surface area (Å²) in [6, 6.07) is 40.1. The van der Waals surface area contributed by atoms with Crippen molar-refractivity contribution in [3.8, 4) is 22.5 Å². The molecule has 2 aromatic heterocycles. The third kappa shape index (κ3) is 13.9. The average molecular weight is 1030 g/mol. The zero-order valence-corrected chi connectivity index (χ0v) is 43.6. The number of aromatic nitrogens is 2. The van der Waals surface area contributed by atoms with Gasteiger partial charge in [-0.05, 0) is 123 Å². The van der Waals surface area contributed by atoms with Crippen molar-refractivity contribution in [3.05, 3.63) is 189 Å². The molecule has 0 spiro atoms. The minimum atomic E-state index is -0.299. The van der Waals surface area contributed by atoms with Gasteiger partial charge in [0.25, 0.3) is 11.8 Å². The third-order valence-electron chi connectivity index (χ3n) is 13.2. The molecule has 16 heteroatoms. The van der Waals surface area contributed by atoms with Gasteiger partial charge >= 0.3 is 0 Å². The highest BCUT2D eigenvalue weighted by atomic mass is 32.1. The Labute approximate surface area is 439 Å². The number of benzene rings is 6. The van der Waals surface area contributed by atoms with Gasteiger partial charge in [0.05, 0.1) is 11.4 Å². The lowest BCUT2D eigenvalue weighted by atomic mass is 10.1. The van der Waals surface area contributed by atoms with Gasteiger partial charge in [-0.2, -0.15) is 0 Å². The largest absolute Gasteiger partial charge is 0.331 e. The number of carbonyl (C=O) groups excluding carboxylic acids is 2. The minimum absolute atomic E-state index is 0.149. The monoisotopic (exact) mass is 1030 g/mol. The number of thiazole rings is 2. The zero-order chi connectivity index (χ0) is 51.6. The highest BCUT2D eigenvalue weighted by Gasteiger charge is 2.18. The lowest BCUT2D eigenvalue weighted by Crippen LogP contribution is -2.43. The maximum atomic E-state index is 14.1. The second-order valence-corrected chi connectivity index (χ2v) is 20.6. The summed E-state index contributed by atoms with van der Waals surface area (Å²) in [6.45, 7) is 14.4. The molecule has 2 fully saturated rings. The molecule has 0 saturated carbocycles. The molecule has 2 aliphatic rings. The first kappa shape index (κ1) is 51.7. The molecule has 6 aromatic carbocycles. The maximum absolute atomic E-state index is 14.1. The van der Waals surface area contributed by atoms with Crippen LogP contribution >= 0.6 is 22.7 Å². The zero-order valence-electron chi connectivity index (χ0n) is 42.0. The van der Waals surface area contributed by atoms with Crippen LogP contribution in [-0.2, 0) is 13.1 Å². The Kier molecular flexibility index (Phi) is 16.9. The van der Waals surface area contributed by atoms with Crippen molar-refractivity contribution in [2.45, 2.75) is 26.9 Å². The summed E-state index contributed by atoms with van der Waals surface area (Å²) in [5, 5.41) is 17.7. The van der Waals surface area contributed by atoms with Crippen molar-refractivity contribution in [3.63, 3.8) is 0 Å². The van der Waals surface area contributed by atoms with E-state index in [9.17, 15) is 18.4 Å².